The van der Waals surface area contributed by atoms with Crippen molar-refractivity contribution in [1.82, 2.24) is 5.32 Å². The SMILES string of the molecule is COc1cc([C@H]2CCCCN2)cc(OC)c1Br. The number of methoxy groups -OCH3 is 2. The van der Waals surface area contributed by atoms with Crippen LogP contribution in [0.4, 0.5) is 0 Å². The molecular formula is C13H18BrNO2. The van der Waals surface area contributed by atoms with Gasteiger partial charge in [-0.15, -0.1) is 0 Å². The number of hydrogen-bond donors (Lipinski definition) is 1. The Hall–Kier alpha value is -0.740. The van der Waals surface area contributed by atoms with Crippen molar-refractivity contribution in [2.75, 3.05) is 20.8 Å². The summed E-state index contributed by atoms with van der Waals surface area (Å²) >= 11 is 3.49. The molecule has 0 saturated carbocycles. The van der Waals surface area contributed by atoms with E-state index in [1.807, 2.05) is 0 Å². The van der Waals surface area contributed by atoms with Crippen LogP contribution in [0.1, 0.15) is 30.9 Å². The highest BCUT2D eigenvalue weighted by Gasteiger charge is 2.18. The molecule has 1 saturated heterocycles. The van der Waals surface area contributed by atoms with E-state index in [0.29, 0.717) is 6.04 Å². The molecule has 2 rings (SSSR count). The summed E-state index contributed by atoms with van der Waals surface area (Å²) in [5, 5.41) is 3.53. The monoisotopic (exact) mass is 299 g/mol. The highest BCUT2D eigenvalue weighted by molar-refractivity contribution is 9.10. The maximum Gasteiger partial charge on any atom is 0.137 e. The Morgan fingerprint density at radius 2 is 1.82 bits per heavy atom. The number of hydrogen-bond acceptors (Lipinski definition) is 3. The van der Waals surface area contributed by atoms with Crippen LogP contribution in [0, 0.1) is 0 Å². The second-order valence-electron chi connectivity index (χ2n) is 4.24. The van der Waals surface area contributed by atoms with E-state index in [-0.39, 0.29) is 0 Å². The van der Waals surface area contributed by atoms with E-state index in [9.17, 15) is 0 Å². The second-order valence-corrected chi connectivity index (χ2v) is 5.03. The topological polar surface area (TPSA) is 30.5 Å². The van der Waals surface area contributed by atoms with Gasteiger partial charge in [0.15, 0.2) is 0 Å². The fourth-order valence-electron chi connectivity index (χ4n) is 2.23. The van der Waals surface area contributed by atoms with Gasteiger partial charge in [0.05, 0.1) is 14.2 Å². The smallest absolute Gasteiger partial charge is 0.137 e. The van der Waals surface area contributed by atoms with Gasteiger partial charge in [-0.1, -0.05) is 6.42 Å². The molecule has 1 aliphatic heterocycles. The van der Waals surface area contributed by atoms with Crippen LogP contribution >= 0.6 is 15.9 Å². The number of benzene rings is 1. The second kappa shape index (κ2) is 5.74. The van der Waals surface area contributed by atoms with Gasteiger partial charge in [0, 0.05) is 6.04 Å². The minimum atomic E-state index is 0.416. The molecule has 0 radical (unpaired) electrons. The molecule has 3 nitrogen and oxygen atoms in total. The Morgan fingerprint density at radius 1 is 1.18 bits per heavy atom. The predicted octanol–water partition coefficient (Wildman–Crippen LogP) is 3.28. The maximum absolute atomic E-state index is 5.36. The molecule has 0 aliphatic carbocycles. The average molecular weight is 300 g/mol. The first-order chi connectivity index (χ1) is 8.26. The molecule has 1 aromatic rings. The molecule has 0 spiro atoms. The first-order valence-corrected chi connectivity index (χ1v) is 6.70. The van der Waals surface area contributed by atoms with Crippen LogP contribution in [0.2, 0.25) is 0 Å². The first-order valence-electron chi connectivity index (χ1n) is 5.91. The lowest BCUT2D eigenvalue weighted by Crippen LogP contribution is -2.26. The Bertz CT molecular complexity index is 364. The lowest BCUT2D eigenvalue weighted by molar-refractivity contribution is 0.379. The molecule has 0 unspecified atom stereocenters. The molecule has 1 heterocycles. The van der Waals surface area contributed by atoms with Crippen molar-refractivity contribution >= 4 is 15.9 Å². The number of nitrogens with one attached hydrogen (secondary N) is 1. The molecule has 1 atom stereocenters. The van der Waals surface area contributed by atoms with E-state index < -0.39 is 0 Å². The van der Waals surface area contributed by atoms with Crippen molar-refractivity contribution in [2.45, 2.75) is 25.3 Å². The van der Waals surface area contributed by atoms with Gasteiger partial charge in [-0.25, -0.2) is 0 Å². The fraction of sp³-hybridized carbons (Fsp3) is 0.538. The quantitative estimate of drug-likeness (QED) is 0.929. The molecule has 0 bridgehead atoms. The maximum atomic E-state index is 5.36. The van der Waals surface area contributed by atoms with Crippen molar-refractivity contribution in [1.29, 1.82) is 0 Å². The van der Waals surface area contributed by atoms with Gasteiger partial charge in [-0.2, -0.15) is 0 Å². The Kier molecular flexibility index (Phi) is 4.29. The highest BCUT2D eigenvalue weighted by Crippen LogP contribution is 2.38. The lowest BCUT2D eigenvalue weighted by atomic mass is 9.97. The zero-order valence-corrected chi connectivity index (χ0v) is 11.8. The fourth-order valence-corrected chi connectivity index (χ4v) is 2.78. The zero-order chi connectivity index (χ0) is 12.3. The van der Waals surface area contributed by atoms with Crippen molar-refractivity contribution in [3.63, 3.8) is 0 Å². The first kappa shape index (κ1) is 12.7. The Morgan fingerprint density at radius 3 is 2.29 bits per heavy atom. The summed E-state index contributed by atoms with van der Waals surface area (Å²) in [5.74, 6) is 1.65. The van der Waals surface area contributed by atoms with E-state index in [1.54, 1.807) is 14.2 Å². The summed E-state index contributed by atoms with van der Waals surface area (Å²) in [6.07, 6.45) is 3.72. The van der Waals surface area contributed by atoms with Gasteiger partial charge >= 0.3 is 0 Å². The highest BCUT2D eigenvalue weighted by atomic mass is 79.9. The Balaban J connectivity index is 2.33. The summed E-state index contributed by atoms with van der Waals surface area (Å²) in [7, 11) is 3.36. The number of piperidine rings is 1. The van der Waals surface area contributed by atoms with Crippen LogP contribution in [0.5, 0.6) is 11.5 Å². The van der Waals surface area contributed by atoms with E-state index in [0.717, 1.165) is 22.5 Å². The number of ether oxygens (including phenoxy) is 2. The van der Waals surface area contributed by atoms with Crippen LogP contribution in [0.15, 0.2) is 16.6 Å². The van der Waals surface area contributed by atoms with Crippen LogP contribution in [-0.4, -0.2) is 20.8 Å². The van der Waals surface area contributed by atoms with Crippen LogP contribution in [0.25, 0.3) is 0 Å². The van der Waals surface area contributed by atoms with Gasteiger partial charge in [0.2, 0.25) is 0 Å². The molecule has 0 amide bonds. The molecule has 1 aromatic carbocycles. The number of halogens is 1. The van der Waals surface area contributed by atoms with Gasteiger partial charge in [-0.05, 0) is 53.0 Å². The minimum Gasteiger partial charge on any atom is -0.495 e. The summed E-state index contributed by atoms with van der Waals surface area (Å²) in [6, 6.07) is 4.57. The summed E-state index contributed by atoms with van der Waals surface area (Å²) < 4.78 is 11.6. The molecule has 0 aromatic heterocycles. The zero-order valence-electron chi connectivity index (χ0n) is 10.3. The standard InChI is InChI=1S/C13H18BrNO2/c1-16-11-7-9(8-12(17-2)13(11)14)10-5-3-4-6-15-10/h7-8,10,15H,3-6H2,1-2H3/t10-/m1/s1. The third-order valence-electron chi connectivity index (χ3n) is 3.18. The van der Waals surface area contributed by atoms with E-state index in [4.69, 9.17) is 9.47 Å². The van der Waals surface area contributed by atoms with Crippen molar-refractivity contribution in [3.8, 4) is 11.5 Å². The van der Waals surface area contributed by atoms with Gasteiger partial charge in [0.1, 0.15) is 16.0 Å². The number of rotatable bonds is 3. The average Bonchev–Trinajstić information content (AvgIpc) is 2.40. The lowest BCUT2D eigenvalue weighted by Gasteiger charge is -2.25. The van der Waals surface area contributed by atoms with Crippen LogP contribution < -0.4 is 14.8 Å². The van der Waals surface area contributed by atoms with Crippen molar-refractivity contribution < 1.29 is 9.47 Å². The molecular weight excluding hydrogens is 282 g/mol. The third-order valence-corrected chi connectivity index (χ3v) is 3.96. The molecule has 94 valence electrons. The summed E-state index contributed by atoms with van der Waals surface area (Å²) in [6.45, 7) is 1.09. The summed E-state index contributed by atoms with van der Waals surface area (Å²) in [4.78, 5) is 0. The predicted molar refractivity (Wildman–Crippen MR) is 71.8 cm³/mol. The van der Waals surface area contributed by atoms with Crippen LogP contribution in [0.3, 0.4) is 0 Å². The molecule has 17 heavy (non-hydrogen) atoms. The molecule has 1 fully saturated rings. The van der Waals surface area contributed by atoms with Gasteiger partial charge in [-0.3, -0.25) is 0 Å². The van der Waals surface area contributed by atoms with E-state index in [1.165, 1.54) is 24.8 Å². The molecule has 1 aliphatic rings. The molecule has 4 heteroatoms. The largest absolute Gasteiger partial charge is 0.495 e. The van der Waals surface area contributed by atoms with Crippen LogP contribution in [-0.2, 0) is 0 Å². The van der Waals surface area contributed by atoms with Crippen molar-refractivity contribution in [3.05, 3.63) is 22.2 Å². The normalized spacial score (nSPS) is 20.1. The van der Waals surface area contributed by atoms with Gasteiger partial charge < -0.3 is 14.8 Å². The van der Waals surface area contributed by atoms with E-state index in [2.05, 4.69) is 33.4 Å². The third kappa shape index (κ3) is 2.75. The van der Waals surface area contributed by atoms with Crippen molar-refractivity contribution in [2.24, 2.45) is 0 Å². The van der Waals surface area contributed by atoms with Gasteiger partial charge in [0.25, 0.3) is 0 Å². The summed E-state index contributed by atoms with van der Waals surface area (Å²) in [5.41, 5.74) is 1.24. The Labute approximate surface area is 111 Å². The minimum absolute atomic E-state index is 0.416. The molecule has 1 N–H and O–H groups in total. The van der Waals surface area contributed by atoms with E-state index >= 15 is 0 Å².